The number of hydrogen-bond donors (Lipinski definition) is 2. The predicted octanol–water partition coefficient (Wildman–Crippen LogP) is 1.89. The van der Waals surface area contributed by atoms with Crippen LogP contribution in [0.25, 0.3) is 0 Å². The molecule has 1 aliphatic heterocycles. The summed E-state index contributed by atoms with van der Waals surface area (Å²) in [4.78, 5) is 14.0. The highest BCUT2D eigenvalue weighted by Gasteiger charge is 2.31. The lowest BCUT2D eigenvalue weighted by molar-refractivity contribution is 0.0587. The van der Waals surface area contributed by atoms with Crippen LogP contribution in [0, 0.1) is 0 Å². The molecule has 0 aliphatic carbocycles. The molecule has 0 saturated carbocycles. The number of likely N-dealkylation sites (tertiary alicyclic amines) is 1. The largest absolute Gasteiger partial charge is 0.445 e. The van der Waals surface area contributed by atoms with Crippen LogP contribution in [0.3, 0.4) is 0 Å². The second-order valence-corrected chi connectivity index (χ2v) is 5.47. The van der Waals surface area contributed by atoms with Gasteiger partial charge in [0, 0.05) is 19.2 Å². The first kappa shape index (κ1) is 15.8. The molecule has 0 aromatic heterocycles. The van der Waals surface area contributed by atoms with Crippen LogP contribution >= 0.6 is 0 Å². The van der Waals surface area contributed by atoms with Crippen LogP contribution in [0.2, 0.25) is 0 Å². The smallest absolute Gasteiger partial charge is 0.410 e. The number of carbonyl (C=O) groups is 1. The van der Waals surface area contributed by atoms with E-state index in [0.717, 1.165) is 24.8 Å². The fraction of sp³-hybridized carbons (Fsp3) is 0.562. The fourth-order valence-corrected chi connectivity index (χ4v) is 2.77. The van der Waals surface area contributed by atoms with Crippen molar-refractivity contribution < 1.29 is 14.6 Å². The third kappa shape index (κ3) is 4.44. The predicted molar refractivity (Wildman–Crippen MR) is 80.7 cm³/mol. The first-order valence-electron chi connectivity index (χ1n) is 7.56. The van der Waals surface area contributed by atoms with Crippen LogP contribution < -0.4 is 5.73 Å². The zero-order valence-electron chi connectivity index (χ0n) is 12.3. The highest BCUT2D eigenvalue weighted by atomic mass is 16.6. The minimum Gasteiger partial charge on any atom is -0.445 e. The lowest BCUT2D eigenvalue weighted by atomic mass is 9.95. The summed E-state index contributed by atoms with van der Waals surface area (Å²) in [6.07, 6.45) is 3.11. The number of carbonyl (C=O) groups excluding carboxylic acids is 1. The molecule has 2 atom stereocenters. The fourth-order valence-electron chi connectivity index (χ4n) is 2.77. The Bertz CT molecular complexity index is 438. The Morgan fingerprint density at radius 1 is 1.38 bits per heavy atom. The van der Waals surface area contributed by atoms with Gasteiger partial charge in [-0.1, -0.05) is 30.3 Å². The van der Waals surface area contributed by atoms with Gasteiger partial charge in [0.1, 0.15) is 6.61 Å². The summed E-state index contributed by atoms with van der Waals surface area (Å²) in [7, 11) is 0. The molecule has 1 aliphatic rings. The van der Waals surface area contributed by atoms with Gasteiger partial charge in [-0.3, -0.25) is 0 Å². The lowest BCUT2D eigenvalue weighted by Gasteiger charge is -2.38. The van der Waals surface area contributed by atoms with Crippen LogP contribution in [-0.4, -0.2) is 41.3 Å². The van der Waals surface area contributed by atoms with E-state index in [1.165, 1.54) is 0 Å². The van der Waals surface area contributed by atoms with E-state index in [0.29, 0.717) is 13.0 Å². The Kier molecular flexibility index (Phi) is 6.02. The van der Waals surface area contributed by atoms with Crippen molar-refractivity contribution in [2.24, 2.45) is 5.73 Å². The molecule has 0 unspecified atom stereocenters. The summed E-state index contributed by atoms with van der Waals surface area (Å²) < 4.78 is 5.40. The second-order valence-electron chi connectivity index (χ2n) is 5.47. The van der Waals surface area contributed by atoms with E-state index in [9.17, 15) is 4.79 Å². The Balaban J connectivity index is 1.92. The molecule has 0 radical (unpaired) electrons. The number of amides is 1. The second kappa shape index (κ2) is 8.00. The van der Waals surface area contributed by atoms with Crippen molar-refractivity contribution in [1.82, 2.24) is 4.90 Å². The first-order chi connectivity index (χ1) is 10.2. The zero-order valence-corrected chi connectivity index (χ0v) is 12.3. The highest BCUT2D eigenvalue weighted by Crippen LogP contribution is 2.21. The Morgan fingerprint density at radius 2 is 2.14 bits per heavy atom. The van der Waals surface area contributed by atoms with Gasteiger partial charge in [0.25, 0.3) is 0 Å². The van der Waals surface area contributed by atoms with E-state index in [-0.39, 0.29) is 31.4 Å². The molecule has 1 aromatic rings. The van der Waals surface area contributed by atoms with Gasteiger partial charge in [0.2, 0.25) is 0 Å². The molecule has 1 fully saturated rings. The summed E-state index contributed by atoms with van der Waals surface area (Å²) in [6, 6.07) is 9.40. The minimum atomic E-state index is -0.308. The number of piperidine rings is 1. The molecule has 3 N–H and O–H groups in total. The molecule has 1 heterocycles. The summed E-state index contributed by atoms with van der Waals surface area (Å²) in [5.74, 6) is 0. The maximum absolute atomic E-state index is 12.3. The molecule has 5 nitrogen and oxygen atoms in total. The summed E-state index contributed by atoms with van der Waals surface area (Å²) in [5, 5.41) is 9.03. The summed E-state index contributed by atoms with van der Waals surface area (Å²) >= 11 is 0. The van der Waals surface area contributed by atoms with Gasteiger partial charge in [-0.2, -0.15) is 0 Å². The molecule has 0 bridgehead atoms. The normalized spacial score (nSPS) is 20.1. The summed E-state index contributed by atoms with van der Waals surface area (Å²) in [5.41, 5.74) is 7.06. The maximum atomic E-state index is 12.3. The number of hydrogen-bond acceptors (Lipinski definition) is 4. The van der Waals surface area contributed by atoms with Gasteiger partial charge in [0.05, 0.1) is 6.04 Å². The molecule has 0 spiro atoms. The van der Waals surface area contributed by atoms with E-state index in [1.807, 2.05) is 30.3 Å². The number of nitrogens with zero attached hydrogens (tertiary/aromatic N) is 1. The molecule has 21 heavy (non-hydrogen) atoms. The third-order valence-corrected chi connectivity index (χ3v) is 3.95. The van der Waals surface area contributed by atoms with Crippen molar-refractivity contribution in [1.29, 1.82) is 0 Å². The molecule has 1 amide bonds. The van der Waals surface area contributed by atoms with Gasteiger partial charge in [0.15, 0.2) is 0 Å². The van der Waals surface area contributed by atoms with E-state index in [2.05, 4.69) is 0 Å². The Hall–Kier alpha value is -1.59. The van der Waals surface area contributed by atoms with Crippen molar-refractivity contribution in [3.63, 3.8) is 0 Å². The van der Waals surface area contributed by atoms with Crippen LogP contribution in [-0.2, 0) is 11.3 Å². The standard InChI is InChI=1S/C16H24N2O3/c17-14(9-11-19)15-8-4-5-10-18(15)16(20)21-12-13-6-2-1-3-7-13/h1-3,6-7,14-15,19H,4-5,8-12,17H2/t14-,15+/m1/s1. The number of rotatable bonds is 5. The van der Waals surface area contributed by atoms with Crippen LogP contribution in [0.4, 0.5) is 4.79 Å². The topological polar surface area (TPSA) is 75.8 Å². The number of nitrogens with two attached hydrogens (primary N) is 1. The monoisotopic (exact) mass is 292 g/mol. The molecule has 116 valence electrons. The molecule has 2 rings (SSSR count). The van der Waals surface area contributed by atoms with Gasteiger partial charge >= 0.3 is 6.09 Å². The number of aliphatic hydroxyl groups excluding tert-OH is 1. The van der Waals surface area contributed by atoms with Crippen molar-refractivity contribution in [3.05, 3.63) is 35.9 Å². The highest BCUT2D eigenvalue weighted by molar-refractivity contribution is 5.68. The quantitative estimate of drug-likeness (QED) is 0.869. The van der Waals surface area contributed by atoms with E-state index < -0.39 is 0 Å². The average molecular weight is 292 g/mol. The van der Waals surface area contributed by atoms with Crippen molar-refractivity contribution in [2.75, 3.05) is 13.2 Å². The maximum Gasteiger partial charge on any atom is 0.410 e. The number of benzene rings is 1. The van der Waals surface area contributed by atoms with Crippen molar-refractivity contribution >= 4 is 6.09 Å². The number of ether oxygens (including phenoxy) is 1. The van der Waals surface area contributed by atoms with E-state index in [1.54, 1.807) is 4.90 Å². The molecular weight excluding hydrogens is 268 g/mol. The van der Waals surface area contributed by atoms with Gasteiger partial charge in [-0.25, -0.2) is 4.79 Å². The van der Waals surface area contributed by atoms with Crippen molar-refractivity contribution in [3.8, 4) is 0 Å². The molecular formula is C16H24N2O3. The summed E-state index contributed by atoms with van der Waals surface area (Å²) in [6.45, 7) is 1.00. The molecule has 1 aromatic carbocycles. The van der Waals surface area contributed by atoms with E-state index in [4.69, 9.17) is 15.6 Å². The Labute approximate surface area is 125 Å². The van der Waals surface area contributed by atoms with Crippen LogP contribution in [0.1, 0.15) is 31.2 Å². The van der Waals surface area contributed by atoms with Gasteiger partial charge < -0.3 is 20.5 Å². The average Bonchev–Trinajstić information content (AvgIpc) is 2.54. The third-order valence-electron chi connectivity index (χ3n) is 3.95. The zero-order chi connectivity index (χ0) is 15.1. The van der Waals surface area contributed by atoms with Gasteiger partial charge in [-0.15, -0.1) is 0 Å². The first-order valence-corrected chi connectivity index (χ1v) is 7.56. The van der Waals surface area contributed by atoms with E-state index >= 15 is 0 Å². The van der Waals surface area contributed by atoms with Crippen molar-refractivity contribution in [2.45, 2.75) is 44.4 Å². The molecule has 5 heteroatoms. The van der Waals surface area contributed by atoms with Crippen LogP contribution in [0.5, 0.6) is 0 Å². The molecule has 1 saturated heterocycles. The lowest BCUT2D eigenvalue weighted by Crippen LogP contribution is -2.53. The van der Waals surface area contributed by atoms with Crippen LogP contribution in [0.15, 0.2) is 30.3 Å². The number of aliphatic hydroxyl groups is 1. The minimum absolute atomic E-state index is 0.0332. The van der Waals surface area contributed by atoms with Gasteiger partial charge in [-0.05, 0) is 31.2 Å². The Morgan fingerprint density at radius 3 is 2.86 bits per heavy atom. The SMILES string of the molecule is N[C@H](CCO)[C@@H]1CCCCN1C(=O)OCc1ccccc1.